The van der Waals surface area contributed by atoms with Crippen LogP contribution in [-0.2, 0) is 16.1 Å². The molecule has 2 aliphatic rings. The van der Waals surface area contributed by atoms with Gasteiger partial charge in [-0.05, 0) is 53.3 Å². The zero-order chi connectivity index (χ0) is 23.1. The van der Waals surface area contributed by atoms with Crippen LogP contribution in [0.4, 0.5) is 4.39 Å². The van der Waals surface area contributed by atoms with Crippen molar-refractivity contribution in [1.29, 1.82) is 0 Å². The second-order valence-electron chi connectivity index (χ2n) is 8.40. The molecule has 1 fully saturated rings. The third-order valence-corrected chi connectivity index (χ3v) is 6.55. The van der Waals surface area contributed by atoms with E-state index < -0.39 is 18.6 Å². The molecular weight excluding hydrogens is 445 g/mol. The van der Waals surface area contributed by atoms with E-state index in [0.717, 1.165) is 11.1 Å². The molecule has 5 nitrogen and oxygen atoms in total. The highest BCUT2D eigenvalue weighted by Crippen LogP contribution is 2.52. The molecule has 0 bridgehead atoms. The van der Waals surface area contributed by atoms with Gasteiger partial charge in [0.1, 0.15) is 11.6 Å². The summed E-state index contributed by atoms with van der Waals surface area (Å²) in [7, 11) is 0. The zero-order valence-corrected chi connectivity index (χ0v) is 18.3. The molecule has 7 heteroatoms. The van der Waals surface area contributed by atoms with Crippen molar-refractivity contribution in [1.82, 2.24) is 4.90 Å². The molecule has 1 saturated carbocycles. The molecule has 0 saturated heterocycles. The number of carbonyl (C=O) groups excluding carboxylic acids is 1. The van der Waals surface area contributed by atoms with E-state index in [-0.39, 0.29) is 23.6 Å². The second-order valence-corrected chi connectivity index (χ2v) is 8.84. The average Bonchev–Trinajstić information content (AvgIpc) is 3.50. The Kier molecular flexibility index (Phi) is 5.54. The summed E-state index contributed by atoms with van der Waals surface area (Å²) in [6.07, 6.45) is 0.594. The van der Waals surface area contributed by atoms with Gasteiger partial charge >= 0.3 is 5.97 Å². The van der Waals surface area contributed by atoms with Crippen LogP contribution in [0.15, 0.2) is 66.7 Å². The number of aliphatic carboxylic acids is 1. The molecule has 3 aromatic rings. The number of halogens is 2. The van der Waals surface area contributed by atoms with Gasteiger partial charge in [0.2, 0.25) is 5.91 Å². The van der Waals surface area contributed by atoms with Crippen molar-refractivity contribution >= 4 is 23.5 Å². The Morgan fingerprint density at radius 1 is 1.03 bits per heavy atom. The maximum Gasteiger partial charge on any atom is 0.341 e. The minimum atomic E-state index is -1.10. The average molecular weight is 466 g/mol. The standard InChI is InChI=1S/C26H21ClFNO4/c27-16-9-10-23(33-14-24(30)31)21(11-16)25-17-6-2-1-5-15(17)13-29(25)26(32)20-12-19(20)18-7-3-4-8-22(18)28/h1-11,19-20,25H,12-14H2,(H,30,31)/t19-,20+,25-/m1/s1. The minimum absolute atomic E-state index is 0.0615. The largest absolute Gasteiger partial charge is 0.482 e. The summed E-state index contributed by atoms with van der Waals surface area (Å²) < 4.78 is 19.8. The van der Waals surface area contributed by atoms with Gasteiger partial charge in [-0.25, -0.2) is 9.18 Å². The van der Waals surface area contributed by atoms with Crippen molar-refractivity contribution in [3.05, 3.63) is 99.8 Å². The molecule has 5 rings (SSSR count). The van der Waals surface area contributed by atoms with E-state index in [1.807, 2.05) is 24.3 Å². The highest BCUT2D eigenvalue weighted by molar-refractivity contribution is 6.30. The first-order valence-electron chi connectivity index (χ1n) is 10.7. The fraction of sp³-hybridized carbons (Fsp3) is 0.231. The molecule has 0 radical (unpaired) electrons. The van der Waals surface area contributed by atoms with Crippen molar-refractivity contribution in [2.75, 3.05) is 6.61 Å². The molecule has 1 aliphatic heterocycles. The van der Waals surface area contributed by atoms with Crippen LogP contribution in [0.1, 0.15) is 40.6 Å². The summed E-state index contributed by atoms with van der Waals surface area (Å²) in [5.41, 5.74) is 3.14. The maximum atomic E-state index is 14.3. The first-order chi connectivity index (χ1) is 15.9. The van der Waals surface area contributed by atoms with Crippen LogP contribution in [0.2, 0.25) is 5.02 Å². The summed E-state index contributed by atoms with van der Waals surface area (Å²) in [6.45, 7) is -0.0972. The monoisotopic (exact) mass is 465 g/mol. The van der Waals surface area contributed by atoms with Crippen LogP contribution in [0, 0.1) is 11.7 Å². The van der Waals surface area contributed by atoms with Gasteiger partial charge in [0, 0.05) is 23.0 Å². The fourth-order valence-electron chi connectivity index (χ4n) is 4.73. The lowest BCUT2D eigenvalue weighted by Crippen LogP contribution is -2.32. The number of nitrogens with zero attached hydrogens (tertiary/aromatic N) is 1. The Labute approximate surface area is 195 Å². The Hall–Kier alpha value is -3.38. The minimum Gasteiger partial charge on any atom is -0.482 e. The first-order valence-corrected chi connectivity index (χ1v) is 11.1. The van der Waals surface area contributed by atoms with E-state index in [1.165, 1.54) is 6.07 Å². The highest BCUT2D eigenvalue weighted by atomic mass is 35.5. The first kappa shape index (κ1) is 21.5. The van der Waals surface area contributed by atoms with Gasteiger partial charge in [0.05, 0.1) is 6.04 Å². The number of carboxylic acid groups (broad SMARTS) is 1. The van der Waals surface area contributed by atoms with E-state index in [4.69, 9.17) is 21.4 Å². The van der Waals surface area contributed by atoms with E-state index in [0.29, 0.717) is 34.9 Å². The summed E-state index contributed by atoms with van der Waals surface area (Å²) in [5.74, 6) is -1.54. The second kappa shape index (κ2) is 8.52. The Balaban J connectivity index is 1.50. The van der Waals surface area contributed by atoms with Gasteiger partial charge in [-0.3, -0.25) is 4.79 Å². The summed E-state index contributed by atoms with van der Waals surface area (Å²) in [6, 6.07) is 18.8. The molecule has 0 unspecified atom stereocenters. The highest BCUT2D eigenvalue weighted by Gasteiger charge is 2.49. The van der Waals surface area contributed by atoms with Gasteiger partial charge in [-0.2, -0.15) is 0 Å². The third kappa shape index (κ3) is 4.07. The van der Waals surface area contributed by atoms with Gasteiger partial charge in [-0.15, -0.1) is 0 Å². The molecule has 1 aliphatic carbocycles. The lowest BCUT2D eigenvalue weighted by molar-refractivity contribution is -0.139. The van der Waals surface area contributed by atoms with Crippen LogP contribution in [-0.4, -0.2) is 28.5 Å². The maximum absolute atomic E-state index is 14.3. The summed E-state index contributed by atoms with van der Waals surface area (Å²) in [5, 5.41) is 9.54. The van der Waals surface area contributed by atoms with Gasteiger partial charge in [0.25, 0.3) is 0 Å². The lowest BCUT2D eigenvalue weighted by atomic mass is 9.97. The van der Waals surface area contributed by atoms with E-state index in [2.05, 4.69) is 0 Å². The molecule has 33 heavy (non-hydrogen) atoms. The number of rotatable bonds is 6. The molecular formula is C26H21ClFNO4. The Bertz CT molecular complexity index is 1250. The molecule has 168 valence electrons. The number of hydrogen-bond acceptors (Lipinski definition) is 3. The van der Waals surface area contributed by atoms with E-state index in [1.54, 1.807) is 41.3 Å². The number of carboxylic acids is 1. The summed E-state index contributed by atoms with van der Waals surface area (Å²) in [4.78, 5) is 26.5. The van der Waals surface area contributed by atoms with Gasteiger partial charge < -0.3 is 14.7 Å². The molecule has 1 amide bonds. The van der Waals surface area contributed by atoms with Gasteiger partial charge in [-0.1, -0.05) is 54.1 Å². The molecule has 3 atom stereocenters. The van der Waals surface area contributed by atoms with Crippen LogP contribution >= 0.6 is 11.6 Å². The topological polar surface area (TPSA) is 66.8 Å². The van der Waals surface area contributed by atoms with E-state index >= 15 is 0 Å². The number of fused-ring (bicyclic) bond motifs is 1. The van der Waals surface area contributed by atoms with Crippen LogP contribution in [0.5, 0.6) is 5.75 Å². The smallest absolute Gasteiger partial charge is 0.341 e. The van der Waals surface area contributed by atoms with Crippen molar-refractivity contribution in [2.45, 2.75) is 24.9 Å². The number of hydrogen-bond donors (Lipinski definition) is 1. The van der Waals surface area contributed by atoms with Crippen LogP contribution in [0.25, 0.3) is 0 Å². The Morgan fingerprint density at radius 2 is 1.76 bits per heavy atom. The predicted molar refractivity (Wildman–Crippen MR) is 121 cm³/mol. The summed E-state index contributed by atoms with van der Waals surface area (Å²) >= 11 is 6.29. The zero-order valence-electron chi connectivity index (χ0n) is 17.6. The van der Waals surface area contributed by atoms with Crippen LogP contribution in [0.3, 0.4) is 0 Å². The number of amides is 1. The molecule has 1 N–H and O–H groups in total. The lowest BCUT2D eigenvalue weighted by Gasteiger charge is -2.28. The quantitative estimate of drug-likeness (QED) is 0.545. The Morgan fingerprint density at radius 3 is 2.52 bits per heavy atom. The molecule has 0 spiro atoms. The predicted octanol–water partition coefficient (Wildman–Crippen LogP) is 5.18. The van der Waals surface area contributed by atoms with Crippen molar-refractivity contribution in [3.8, 4) is 5.75 Å². The fourth-order valence-corrected chi connectivity index (χ4v) is 4.91. The number of benzene rings is 3. The van der Waals surface area contributed by atoms with Crippen LogP contribution < -0.4 is 4.74 Å². The third-order valence-electron chi connectivity index (χ3n) is 6.32. The van der Waals surface area contributed by atoms with Gasteiger partial charge in [0.15, 0.2) is 6.61 Å². The molecule has 3 aromatic carbocycles. The van der Waals surface area contributed by atoms with Crippen molar-refractivity contribution in [2.24, 2.45) is 5.92 Å². The van der Waals surface area contributed by atoms with Crippen molar-refractivity contribution in [3.63, 3.8) is 0 Å². The molecule has 0 aromatic heterocycles. The number of carbonyl (C=O) groups is 2. The van der Waals surface area contributed by atoms with E-state index in [9.17, 15) is 14.0 Å². The SMILES string of the molecule is O=C(O)COc1ccc(Cl)cc1[C@H]1c2ccccc2CN1C(=O)[C@H]1C[C@@H]1c1ccccc1F. The normalized spacial score (nSPS) is 20.9. The number of ether oxygens (including phenoxy) is 1. The molecule has 1 heterocycles. The van der Waals surface area contributed by atoms with Crippen molar-refractivity contribution < 1.29 is 23.8 Å².